The van der Waals surface area contributed by atoms with Crippen LogP contribution in [0.4, 0.5) is 0 Å². The minimum Gasteiger partial charge on any atom is -0.475 e. The van der Waals surface area contributed by atoms with Gasteiger partial charge in [-0.3, -0.25) is 10.9 Å². The van der Waals surface area contributed by atoms with Gasteiger partial charge in [-0.1, -0.05) is 0 Å². The van der Waals surface area contributed by atoms with E-state index in [0.717, 1.165) is 0 Å². The summed E-state index contributed by atoms with van der Waals surface area (Å²) in [5.74, 6) is 1.07. The SMILES string of the molecule is COC1=C=C(OC)NN1. The predicted octanol–water partition coefficient (Wildman–Crippen LogP) is -0.331. The highest BCUT2D eigenvalue weighted by Crippen LogP contribution is 1.96. The summed E-state index contributed by atoms with van der Waals surface area (Å²) in [6, 6.07) is 0. The number of hydrazine groups is 1. The molecule has 0 amide bonds. The molecule has 0 fully saturated rings. The smallest absolute Gasteiger partial charge is 0.257 e. The van der Waals surface area contributed by atoms with Crippen molar-refractivity contribution in [3.8, 4) is 0 Å². The van der Waals surface area contributed by atoms with Crippen molar-refractivity contribution >= 4 is 0 Å². The van der Waals surface area contributed by atoms with Crippen molar-refractivity contribution in [2.24, 2.45) is 0 Å². The highest BCUT2D eigenvalue weighted by molar-refractivity contribution is 5.01. The van der Waals surface area contributed by atoms with E-state index in [9.17, 15) is 0 Å². The summed E-state index contributed by atoms with van der Waals surface area (Å²) in [6.07, 6.45) is 0. The molecule has 0 aliphatic carbocycles. The minimum atomic E-state index is 0.534. The second kappa shape index (κ2) is 2.33. The van der Waals surface area contributed by atoms with Gasteiger partial charge in [0.15, 0.2) is 0 Å². The van der Waals surface area contributed by atoms with Crippen LogP contribution in [-0.4, -0.2) is 14.2 Å². The maximum absolute atomic E-state index is 4.77. The summed E-state index contributed by atoms with van der Waals surface area (Å²) < 4.78 is 9.55. The van der Waals surface area contributed by atoms with Gasteiger partial charge in [0.05, 0.1) is 14.2 Å². The quantitative estimate of drug-likeness (QED) is 0.500. The van der Waals surface area contributed by atoms with Crippen LogP contribution in [0.1, 0.15) is 0 Å². The van der Waals surface area contributed by atoms with Crippen molar-refractivity contribution in [1.82, 2.24) is 10.9 Å². The number of hydrogen-bond acceptors (Lipinski definition) is 4. The van der Waals surface area contributed by atoms with Gasteiger partial charge in [-0.25, -0.2) is 0 Å². The maximum atomic E-state index is 4.77. The van der Waals surface area contributed by atoms with Crippen LogP contribution < -0.4 is 10.9 Å². The molecular weight excluding hydrogens is 120 g/mol. The fourth-order valence-corrected chi connectivity index (χ4v) is 0.483. The first-order valence-electron chi connectivity index (χ1n) is 2.47. The normalized spacial score (nSPS) is 14.9. The number of methoxy groups -OCH3 is 2. The summed E-state index contributed by atoms with van der Waals surface area (Å²) in [5.41, 5.74) is 8.11. The lowest BCUT2D eigenvalue weighted by Gasteiger charge is -2.01. The number of hydrogen-bond donors (Lipinski definition) is 2. The highest BCUT2D eigenvalue weighted by atomic mass is 16.5. The lowest BCUT2D eigenvalue weighted by Crippen LogP contribution is -2.26. The fraction of sp³-hybridized carbons (Fsp3) is 0.400. The Morgan fingerprint density at radius 3 is 1.78 bits per heavy atom. The average molecular weight is 128 g/mol. The van der Waals surface area contributed by atoms with Gasteiger partial charge in [0.25, 0.3) is 11.8 Å². The Morgan fingerprint density at radius 2 is 1.56 bits per heavy atom. The molecule has 1 aliphatic heterocycles. The molecule has 0 saturated heterocycles. The zero-order valence-corrected chi connectivity index (χ0v) is 5.32. The second-order valence-corrected chi connectivity index (χ2v) is 1.44. The van der Waals surface area contributed by atoms with Crippen molar-refractivity contribution in [2.75, 3.05) is 14.2 Å². The minimum absolute atomic E-state index is 0.534. The van der Waals surface area contributed by atoms with E-state index in [4.69, 9.17) is 9.47 Å². The Bertz CT molecular complexity index is 146. The topological polar surface area (TPSA) is 42.5 Å². The standard InChI is InChI=1S/C5H8N2O2/c1-8-4-3-5(9-2)7-6-4/h6-7H,1-2H3. The number of rotatable bonds is 2. The summed E-state index contributed by atoms with van der Waals surface area (Å²) in [5, 5.41) is 0. The van der Waals surface area contributed by atoms with E-state index < -0.39 is 0 Å². The molecular formula is C5H8N2O2. The molecule has 0 spiro atoms. The van der Waals surface area contributed by atoms with Gasteiger partial charge in [-0.2, -0.15) is 0 Å². The first kappa shape index (κ1) is 5.85. The van der Waals surface area contributed by atoms with Crippen molar-refractivity contribution in [1.29, 1.82) is 0 Å². The molecule has 1 aliphatic rings. The summed E-state index contributed by atoms with van der Waals surface area (Å²) in [4.78, 5) is 0. The van der Waals surface area contributed by atoms with Gasteiger partial charge in [-0.15, -0.1) is 0 Å². The number of nitrogens with one attached hydrogen (secondary N) is 2. The third-order valence-corrected chi connectivity index (χ3v) is 0.925. The van der Waals surface area contributed by atoms with Crippen LogP contribution in [0.5, 0.6) is 0 Å². The summed E-state index contributed by atoms with van der Waals surface area (Å²) >= 11 is 0. The number of ether oxygens (including phenoxy) is 2. The Balaban J connectivity index is 2.64. The fourth-order valence-electron chi connectivity index (χ4n) is 0.483. The highest BCUT2D eigenvalue weighted by Gasteiger charge is 2.03. The van der Waals surface area contributed by atoms with Crippen molar-refractivity contribution in [3.05, 3.63) is 17.5 Å². The van der Waals surface area contributed by atoms with E-state index in [1.807, 2.05) is 0 Å². The zero-order chi connectivity index (χ0) is 6.69. The molecule has 2 N–H and O–H groups in total. The molecule has 4 heteroatoms. The summed E-state index contributed by atoms with van der Waals surface area (Å²) in [7, 11) is 3.10. The molecule has 4 nitrogen and oxygen atoms in total. The third-order valence-electron chi connectivity index (χ3n) is 0.925. The van der Waals surface area contributed by atoms with Crippen LogP contribution in [0, 0.1) is 0 Å². The first-order valence-corrected chi connectivity index (χ1v) is 2.47. The Hall–Kier alpha value is -1.28. The van der Waals surface area contributed by atoms with Gasteiger partial charge >= 0.3 is 0 Å². The van der Waals surface area contributed by atoms with Crippen molar-refractivity contribution < 1.29 is 9.47 Å². The van der Waals surface area contributed by atoms with Crippen LogP contribution in [0.3, 0.4) is 0 Å². The van der Waals surface area contributed by atoms with Crippen LogP contribution in [0.15, 0.2) is 17.5 Å². The van der Waals surface area contributed by atoms with E-state index in [0.29, 0.717) is 11.8 Å². The molecule has 0 unspecified atom stereocenters. The lowest BCUT2D eigenvalue weighted by molar-refractivity contribution is 0.236. The maximum Gasteiger partial charge on any atom is 0.257 e. The molecule has 0 aromatic carbocycles. The van der Waals surface area contributed by atoms with Crippen molar-refractivity contribution in [2.45, 2.75) is 0 Å². The molecule has 0 radical (unpaired) electrons. The van der Waals surface area contributed by atoms with Crippen LogP contribution in [-0.2, 0) is 9.47 Å². The molecule has 0 aromatic rings. The Kier molecular flexibility index (Phi) is 1.51. The zero-order valence-electron chi connectivity index (χ0n) is 5.32. The predicted molar refractivity (Wildman–Crippen MR) is 30.8 cm³/mol. The molecule has 0 bridgehead atoms. The molecule has 9 heavy (non-hydrogen) atoms. The van der Waals surface area contributed by atoms with Gasteiger partial charge in [0.1, 0.15) is 0 Å². The third kappa shape index (κ3) is 1.09. The molecule has 50 valence electrons. The van der Waals surface area contributed by atoms with Crippen molar-refractivity contribution in [3.63, 3.8) is 0 Å². The molecule has 0 atom stereocenters. The lowest BCUT2D eigenvalue weighted by atomic mass is 10.8. The first-order chi connectivity index (χ1) is 4.36. The molecule has 0 aromatic heterocycles. The van der Waals surface area contributed by atoms with Gasteiger partial charge < -0.3 is 9.47 Å². The largest absolute Gasteiger partial charge is 0.475 e. The van der Waals surface area contributed by atoms with Gasteiger partial charge in [-0.05, 0) is 0 Å². The van der Waals surface area contributed by atoms with E-state index in [-0.39, 0.29) is 0 Å². The Labute approximate surface area is 53.1 Å². The van der Waals surface area contributed by atoms with E-state index in [1.165, 1.54) is 0 Å². The second-order valence-electron chi connectivity index (χ2n) is 1.44. The monoisotopic (exact) mass is 128 g/mol. The Morgan fingerprint density at radius 1 is 1.11 bits per heavy atom. The van der Waals surface area contributed by atoms with Crippen LogP contribution in [0.2, 0.25) is 0 Å². The molecule has 0 saturated carbocycles. The van der Waals surface area contributed by atoms with Crippen LogP contribution >= 0.6 is 0 Å². The van der Waals surface area contributed by atoms with E-state index >= 15 is 0 Å². The van der Waals surface area contributed by atoms with E-state index in [2.05, 4.69) is 16.6 Å². The van der Waals surface area contributed by atoms with Crippen LogP contribution in [0.25, 0.3) is 0 Å². The van der Waals surface area contributed by atoms with E-state index in [1.54, 1.807) is 14.2 Å². The molecule has 1 heterocycles. The van der Waals surface area contributed by atoms with Gasteiger partial charge in [0.2, 0.25) is 0 Å². The average Bonchev–Trinajstić information content (AvgIpc) is 2.34. The summed E-state index contributed by atoms with van der Waals surface area (Å²) in [6.45, 7) is 0. The molecule has 1 rings (SSSR count). The van der Waals surface area contributed by atoms with Gasteiger partial charge in [0, 0.05) is 5.73 Å².